The van der Waals surface area contributed by atoms with Gasteiger partial charge < -0.3 is 15.3 Å². The number of hydrogen-bond donors (Lipinski definition) is 0. The van der Waals surface area contributed by atoms with Crippen molar-refractivity contribution in [3.8, 4) is 0 Å². The maximum absolute atomic E-state index is 8.35. The molecule has 0 aliphatic rings. The second-order valence-electron chi connectivity index (χ2n) is 0.149. The zero-order valence-corrected chi connectivity index (χ0v) is 7.82. The van der Waals surface area contributed by atoms with Gasteiger partial charge in [0.15, 0.2) is 0 Å². The van der Waals surface area contributed by atoms with E-state index in [4.69, 9.17) is 18.9 Å². The Balaban J connectivity index is -0.00000000889. The maximum Gasteiger partial charge on any atom is 1.00 e. The van der Waals surface area contributed by atoms with Crippen molar-refractivity contribution in [3.05, 3.63) is 0 Å². The molecular formula is H3NaO5P2. The molecule has 0 unspecified atom stereocenters. The molecule has 0 saturated carbocycles. The van der Waals surface area contributed by atoms with E-state index in [1.165, 1.54) is 0 Å². The van der Waals surface area contributed by atoms with E-state index in [-0.39, 0.29) is 36.5 Å². The predicted molar refractivity (Wildman–Crippen MR) is 19.9 cm³/mol. The summed E-state index contributed by atoms with van der Waals surface area (Å²) >= 11 is 0. The molecule has 0 rings (SSSR count). The molecule has 2 N–H and O–H groups in total. The van der Waals surface area contributed by atoms with Gasteiger partial charge in [-0.1, -0.05) is 0 Å². The van der Waals surface area contributed by atoms with Crippen LogP contribution in [-0.2, 0) is 9.13 Å². The molecule has 8 heteroatoms. The van der Waals surface area contributed by atoms with Gasteiger partial charge in [0.2, 0.25) is 0 Å². The fourth-order valence-electron chi connectivity index (χ4n) is 0. The van der Waals surface area contributed by atoms with Crippen molar-refractivity contribution < 1.29 is 55.4 Å². The zero-order chi connectivity index (χ0) is 5.41. The van der Waals surface area contributed by atoms with E-state index in [0.29, 0.717) is 0 Å². The van der Waals surface area contributed by atoms with E-state index >= 15 is 0 Å². The smallest absolute Gasteiger partial charge is 0.772 e. The van der Waals surface area contributed by atoms with Crippen LogP contribution in [0.1, 0.15) is 1.43 Å². The molecule has 0 bridgehead atoms. The minimum absolute atomic E-state index is 0. The van der Waals surface area contributed by atoms with Gasteiger partial charge >= 0.3 is 31.0 Å². The van der Waals surface area contributed by atoms with Crippen molar-refractivity contribution in [3.63, 3.8) is 0 Å². The summed E-state index contributed by atoms with van der Waals surface area (Å²) in [5.74, 6) is 0. The molecule has 8 heavy (non-hydrogen) atoms. The Hall–Kier alpha value is 1.08. The van der Waals surface area contributed by atoms with Gasteiger partial charge in [0.05, 0.1) is 17.4 Å². The second-order valence-corrected chi connectivity index (χ2v) is 0.447. The first-order chi connectivity index (χ1) is 2.83. The van der Waals surface area contributed by atoms with Crippen LogP contribution in [0.4, 0.5) is 0 Å². The van der Waals surface area contributed by atoms with E-state index < -0.39 is 17.4 Å². The van der Waals surface area contributed by atoms with Crippen molar-refractivity contribution in [1.29, 1.82) is 0 Å². The Morgan fingerprint density at radius 1 is 1.12 bits per heavy atom. The molecule has 0 amide bonds. The van der Waals surface area contributed by atoms with Crippen LogP contribution in [0.5, 0.6) is 0 Å². The molecule has 0 aliphatic heterocycles. The van der Waals surface area contributed by atoms with E-state index in [2.05, 4.69) is 0 Å². The third-order valence-electron chi connectivity index (χ3n) is 0. The normalized spacial score (nSPS) is 5.25. The summed E-state index contributed by atoms with van der Waals surface area (Å²) in [7, 11) is -2.17. The van der Waals surface area contributed by atoms with Gasteiger partial charge in [-0.15, -0.1) is 0 Å². The standard InChI is InChI=1S/Na.2HO2P.H2O/c;2*1-3-2;/h;2*(H,1,2);1H2/q+1;;;/p-1. The third kappa shape index (κ3) is 224. The van der Waals surface area contributed by atoms with Crippen LogP contribution in [-0.4, -0.2) is 5.48 Å². The fraction of sp³-hybridized carbons (Fsp3) is 0. The molecule has 0 spiro atoms. The molecule has 0 atom stereocenters. The molecule has 0 fully saturated rings. The monoisotopic (exact) mass is 168 g/mol. The van der Waals surface area contributed by atoms with Gasteiger partial charge in [0.25, 0.3) is 0 Å². The van der Waals surface area contributed by atoms with Gasteiger partial charge in [0.1, 0.15) is 0 Å². The quantitative estimate of drug-likeness (QED) is 0.267. The molecule has 0 aromatic rings. The molecule has 44 valence electrons. The zero-order valence-electron chi connectivity index (χ0n) is 5.03. The average Bonchev–Trinajstić information content (AvgIpc) is 1.39. The Labute approximate surface area is 72.8 Å². The largest absolute Gasteiger partial charge is 1.00 e. The van der Waals surface area contributed by atoms with Crippen LogP contribution in [0.3, 0.4) is 0 Å². The minimum atomic E-state index is -1.08. The van der Waals surface area contributed by atoms with E-state index in [1.54, 1.807) is 0 Å². The maximum atomic E-state index is 8.35. The second kappa shape index (κ2) is 42.7. The van der Waals surface area contributed by atoms with Crippen LogP contribution in [0.15, 0.2) is 0 Å². The van der Waals surface area contributed by atoms with Crippen LogP contribution < -0.4 is 39.3 Å². The molecule has 0 aromatic carbocycles. The van der Waals surface area contributed by atoms with Crippen molar-refractivity contribution in [2.45, 2.75) is 0 Å². The van der Waals surface area contributed by atoms with Gasteiger partial charge in [-0.25, -0.2) is 0 Å². The van der Waals surface area contributed by atoms with Crippen LogP contribution >= 0.6 is 17.4 Å². The van der Waals surface area contributed by atoms with Gasteiger partial charge in [-0.3, -0.25) is 9.13 Å². The SMILES string of the molecule is O.O=P[O-].O=P[O-].[H+].[Na+]. The van der Waals surface area contributed by atoms with Crippen LogP contribution in [0.2, 0.25) is 0 Å². The Kier molecular flexibility index (Phi) is 123. The van der Waals surface area contributed by atoms with E-state index in [1.807, 2.05) is 0 Å². The number of rotatable bonds is 0. The summed E-state index contributed by atoms with van der Waals surface area (Å²) in [6.07, 6.45) is 0. The summed E-state index contributed by atoms with van der Waals surface area (Å²) < 4.78 is 16.7. The van der Waals surface area contributed by atoms with Gasteiger partial charge in [0, 0.05) is 0 Å². The molecule has 0 saturated heterocycles. The summed E-state index contributed by atoms with van der Waals surface area (Å²) in [6.45, 7) is 0. The minimum Gasteiger partial charge on any atom is -0.772 e. The molecule has 0 aliphatic carbocycles. The van der Waals surface area contributed by atoms with Crippen molar-refractivity contribution in [2.75, 3.05) is 0 Å². The first kappa shape index (κ1) is 23.0. The van der Waals surface area contributed by atoms with Gasteiger partial charge in [-0.2, -0.15) is 0 Å². The molecule has 0 aromatic heterocycles. The Morgan fingerprint density at radius 3 is 1.12 bits per heavy atom. The first-order valence-electron chi connectivity index (χ1n) is 0.730. The van der Waals surface area contributed by atoms with E-state index in [0.717, 1.165) is 0 Å². The summed E-state index contributed by atoms with van der Waals surface area (Å²) in [6, 6.07) is 0. The molecule has 0 radical (unpaired) electrons. The van der Waals surface area contributed by atoms with Crippen molar-refractivity contribution in [1.82, 2.24) is 0 Å². The van der Waals surface area contributed by atoms with Gasteiger partial charge in [-0.05, 0) is 0 Å². The van der Waals surface area contributed by atoms with Crippen molar-refractivity contribution >= 4 is 17.4 Å². The number of hydrogen-bond acceptors (Lipinski definition) is 4. The Morgan fingerprint density at radius 2 is 1.12 bits per heavy atom. The van der Waals surface area contributed by atoms with Crippen molar-refractivity contribution in [2.24, 2.45) is 0 Å². The van der Waals surface area contributed by atoms with Crippen LogP contribution in [0, 0.1) is 0 Å². The van der Waals surface area contributed by atoms with E-state index in [9.17, 15) is 0 Å². The first-order valence-corrected chi connectivity index (χ1v) is 2.19. The molecule has 5 nitrogen and oxygen atoms in total. The summed E-state index contributed by atoms with van der Waals surface area (Å²) in [4.78, 5) is 16.7. The average molecular weight is 168 g/mol. The Bertz CT molecular complexity index is 35.9. The summed E-state index contributed by atoms with van der Waals surface area (Å²) in [5.41, 5.74) is 0. The van der Waals surface area contributed by atoms with Crippen LogP contribution in [0.25, 0.3) is 0 Å². The predicted octanol–water partition coefficient (Wildman–Crippen LogP) is -4.60. The third-order valence-corrected chi connectivity index (χ3v) is 0. The molecule has 0 heterocycles. The fourth-order valence-corrected chi connectivity index (χ4v) is 0. The molecular weight excluding hydrogens is 165 g/mol. The topological polar surface area (TPSA) is 112 Å². The summed E-state index contributed by atoms with van der Waals surface area (Å²) in [5, 5.41) is 0.